The molecule has 0 radical (unpaired) electrons. The van der Waals surface area contributed by atoms with Gasteiger partial charge >= 0.3 is 0 Å². The number of carbonyl (C=O) groups is 1. The van der Waals surface area contributed by atoms with Gasteiger partial charge in [-0.15, -0.1) is 0 Å². The zero-order valence-electron chi connectivity index (χ0n) is 17.6. The summed E-state index contributed by atoms with van der Waals surface area (Å²) in [5, 5.41) is 11.4. The number of hydrogen-bond acceptors (Lipinski definition) is 7. The van der Waals surface area contributed by atoms with Crippen molar-refractivity contribution in [2.24, 2.45) is 0 Å². The standard InChI is InChI=1S/C20H29BrN8O/c1-14-17(13-29(26-14)15-4-9-27(2)10-5-15)24-20-23-12-16(21)19(25-20)22-7-3-8-28-11-6-18(28)30/h12-13,15H,3-11H2,1-2H3,(H2,22,23,24,25). The maximum absolute atomic E-state index is 11.4. The van der Waals surface area contributed by atoms with Crippen LogP contribution in [0.3, 0.4) is 0 Å². The molecule has 2 N–H and O–H groups in total. The molecule has 4 heterocycles. The lowest BCUT2D eigenvalue weighted by Gasteiger charge is -2.30. The summed E-state index contributed by atoms with van der Waals surface area (Å²) >= 11 is 3.51. The van der Waals surface area contributed by atoms with E-state index in [1.54, 1.807) is 6.20 Å². The van der Waals surface area contributed by atoms with Crippen LogP contribution in [0.2, 0.25) is 0 Å². The monoisotopic (exact) mass is 476 g/mol. The number of β-lactam (4-membered cyclic amide) rings is 1. The number of likely N-dealkylation sites (tertiary alicyclic amines) is 2. The predicted octanol–water partition coefficient (Wildman–Crippen LogP) is 2.79. The van der Waals surface area contributed by atoms with E-state index in [1.807, 2.05) is 11.8 Å². The summed E-state index contributed by atoms with van der Waals surface area (Å²) in [6.45, 7) is 6.62. The molecule has 10 heteroatoms. The van der Waals surface area contributed by atoms with Gasteiger partial charge in [-0.3, -0.25) is 9.48 Å². The highest BCUT2D eigenvalue weighted by molar-refractivity contribution is 9.10. The van der Waals surface area contributed by atoms with Crippen LogP contribution in [-0.2, 0) is 4.79 Å². The maximum Gasteiger partial charge on any atom is 0.229 e. The third kappa shape index (κ3) is 4.92. The Kier molecular flexibility index (Phi) is 6.52. The van der Waals surface area contributed by atoms with E-state index in [4.69, 9.17) is 5.10 Å². The molecule has 2 fully saturated rings. The summed E-state index contributed by atoms with van der Waals surface area (Å²) in [5.41, 5.74) is 1.87. The van der Waals surface area contributed by atoms with Crippen molar-refractivity contribution in [3.8, 4) is 0 Å². The molecular formula is C20H29BrN8O. The smallest absolute Gasteiger partial charge is 0.229 e. The Hall–Kier alpha value is -2.20. The number of carbonyl (C=O) groups excluding carboxylic acids is 1. The van der Waals surface area contributed by atoms with Crippen LogP contribution in [0.1, 0.15) is 37.4 Å². The van der Waals surface area contributed by atoms with Crippen molar-refractivity contribution in [1.82, 2.24) is 29.5 Å². The summed E-state index contributed by atoms with van der Waals surface area (Å²) < 4.78 is 2.89. The molecule has 9 nitrogen and oxygen atoms in total. The second-order valence-electron chi connectivity index (χ2n) is 8.07. The Labute approximate surface area is 185 Å². The van der Waals surface area contributed by atoms with Gasteiger partial charge < -0.3 is 20.4 Å². The summed E-state index contributed by atoms with van der Waals surface area (Å²) in [6.07, 6.45) is 7.61. The van der Waals surface area contributed by atoms with Gasteiger partial charge in [0.2, 0.25) is 11.9 Å². The Balaban J connectivity index is 1.35. The van der Waals surface area contributed by atoms with E-state index in [-0.39, 0.29) is 5.91 Å². The van der Waals surface area contributed by atoms with Crippen molar-refractivity contribution in [2.45, 2.75) is 38.6 Å². The van der Waals surface area contributed by atoms with Gasteiger partial charge in [0.05, 0.1) is 21.9 Å². The number of nitrogens with one attached hydrogen (secondary N) is 2. The predicted molar refractivity (Wildman–Crippen MR) is 120 cm³/mol. The van der Waals surface area contributed by atoms with Crippen LogP contribution in [0.4, 0.5) is 17.5 Å². The molecule has 0 bridgehead atoms. The Morgan fingerprint density at radius 3 is 2.77 bits per heavy atom. The Bertz CT molecular complexity index is 893. The first-order chi connectivity index (χ1) is 14.5. The van der Waals surface area contributed by atoms with Crippen LogP contribution >= 0.6 is 15.9 Å². The van der Waals surface area contributed by atoms with Crippen LogP contribution in [0.25, 0.3) is 0 Å². The summed E-state index contributed by atoms with van der Waals surface area (Å²) in [6, 6.07) is 0.441. The molecule has 0 saturated carbocycles. The minimum absolute atomic E-state index is 0.251. The first-order valence-electron chi connectivity index (χ1n) is 10.5. The summed E-state index contributed by atoms with van der Waals surface area (Å²) in [4.78, 5) is 24.6. The van der Waals surface area contributed by atoms with Gasteiger partial charge in [-0.2, -0.15) is 10.1 Å². The Morgan fingerprint density at radius 2 is 2.07 bits per heavy atom. The lowest BCUT2D eigenvalue weighted by Crippen LogP contribution is -2.44. The first-order valence-corrected chi connectivity index (χ1v) is 11.3. The minimum atomic E-state index is 0.251. The Morgan fingerprint density at radius 1 is 1.27 bits per heavy atom. The highest BCUT2D eigenvalue weighted by Crippen LogP contribution is 2.26. The quantitative estimate of drug-likeness (QED) is 0.446. The van der Waals surface area contributed by atoms with E-state index in [9.17, 15) is 4.79 Å². The van der Waals surface area contributed by atoms with Gasteiger partial charge in [0, 0.05) is 38.4 Å². The van der Waals surface area contributed by atoms with E-state index in [0.717, 1.165) is 73.7 Å². The van der Waals surface area contributed by atoms with Crippen LogP contribution in [0, 0.1) is 6.92 Å². The molecule has 0 spiro atoms. The molecule has 0 aromatic carbocycles. The molecule has 1 amide bonds. The molecule has 4 rings (SSSR count). The average molecular weight is 477 g/mol. The van der Waals surface area contributed by atoms with Crippen molar-refractivity contribution >= 4 is 39.3 Å². The number of piperidine rings is 1. The minimum Gasteiger partial charge on any atom is -0.369 e. The zero-order valence-corrected chi connectivity index (χ0v) is 19.2. The molecule has 2 aliphatic heterocycles. The number of anilines is 3. The summed E-state index contributed by atoms with van der Waals surface area (Å²) in [5.74, 6) is 1.52. The highest BCUT2D eigenvalue weighted by atomic mass is 79.9. The number of aryl methyl sites for hydroxylation is 1. The topological polar surface area (TPSA) is 91.2 Å². The molecule has 162 valence electrons. The zero-order chi connectivity index (χ0) is 21.1. The van der Waals surface area contributed by atoms with Gasteiger partial charge in [-0.1, -0.05) is 0 Å². The largest absolute Gasteiger partial charge is 0.369 e. The SMILES string of the molecule is Cc1nn(C2CCN(C)CC2)cc1Nc1ncc(Br)c(NCCCN2CCC2=O)n1. The highest BCUT2D eigenvalue weighted by Gasteiger charge is 2.22. The average Bonchev–Trinajstić information content (AvgIpc) is 3.09. The van der Waals surface area contributed by atoms with E-state index in [2.05, 4.69) is 59.4 Å². The number of nitrogens with zero attached hydrogens (tertiary/aromatic N) is 6. The van der Waals surface area contributed by atoms with E-state index in [1.165, 1.54) is 0 Å². The van der Waals surface area contributed by atoms with Crippen LogP contribution < -0.4 is 10.6 Å². The van der Waals surface area contributed by atoms with Gasteiger partial charge in [0.15, 0.2) is 0 Å². The fourth-order valence-corrected chi connectivity index (χ4v) is 4.13. The molecule has 0 unspecified atom stereocenters. The number of halogens is 1. The van der Waals surface area contributed by atoms with Crippen LogP contribution in [-0.4, -0.2) is 75.2 Å². The third-order valence-electron chi connectivity index (χ3n) is 5.81. The number of hydrogen-bond donors (Lipinski definition) is 2. The number of amides is 1. The first kappa shape index (κ1) is 21.0. The van der Waals surface area contributed by atoms with Crippen molar-refractivity contribution in [1.29, 1.82) is 0 Å². The van der Waals surface area contributed by atoms with Gasteiger partial charge in [-0.05, 0) is 62.3 Å². The van der Waals surface area contributed by atoms with E-state index < -0.39 is 0 Å². The van der Waals surface area contributed by atoms with E-state index >= 15 is 0 Å². The fourth-order valence-electron chi connectivity index (χ4n) is 3.80. The fraction of sp³-hybridized carbons (Fsp3) is 0.600. The lowest BCUT2D eigenvalue weighted by molar-refractivity contribution is -0.139. The van der Waals surface area contributed by atoms with Gasteiger partial charge in [0.25, 0.3) is 0 Å². The molecule has 2 aliphatic rings. The molecular weight excluding hydrogens is 448 g/mol. The van der Waals surface area contributed by atoms with Crippen molar-refractivity contribution in [3.05, 3.63) is 22.6 Å². The van der Waals surface area contributed by atoms with Crippen molar-refractivity contribution in [2.75, 3.05) is 50.4 Å². The van der Waals surface area contributed by atoms with Crippen LogP contribution in [0.5, 0.6) is 0 Å². The van der Waals surface area contributed by atoms with Crippen molar-refractivity contribution < 1.29 is 4.79 Å². The second kappa shape index (κ2) is 9.30. The second-order valence-corrected chi connectivity index (χ2v) is 8.92. The van der Waals surface area contributed by atoms with Crippen LogP contribution in [0.15, 0.2) is 16.9 Å². The molecule has 2 aromatic rings. The van der Waals surface area contributed by atoms with Gasteiger partial charge in [0.1, 0.15) is 5.82 Å². The number of rotatable bonds is 8. The van der Waals surface area contributed by atoms with E-state index in [0.29, 0.717) is 18.4 Å². The lowest BCUT2D eigenvalue weighted by atomic mass is 10.1. The molecule has 0 aliphatic carbocycles. The third-order valence-corrected chi connectivity index (χ3v) is 6.40. The maximum atomic E-state index is 11.4. The molecule has 0 atom stereocenters. The molecule has 2 saturated heterocycles. The normalized spacial score (nSPS) is 17.8. The molecule has 30 heavy (non-hydrogen) atoms. The van der Waals surface area contributed by atoms with Crippen molar-refractivity contribution in [3.63, 3.8) is 0 Å². The summed E-state index contributed by atoms with van der Waals surface area (Å²) in [7, 11) is 2.17. The molecule has 2 aromatic heterocycles. The van der Waals surface area contributed by atoms with Gasteiger partial charge in [-0.25, -0.2) is 4.98 Å². The number of aromatic nitrogens is 4.